The van der Waals surface area contributed by atoms with Crippen molar-refractivity contribution in [2.45, 2.75) is 18.8 Å². The van der Waals surface area contributed by atoms with E-state index in [1.807, 2.05) is 0 Å². The topological polar surface area (TPSA) is 12.5 Å². The summed E-state index contributed by atoms with van der Waals surface area (Å²) in [6.45, 7) is 2.28. The lowest BCUT2D eigenvalue weighted by atomic mass is 9.66. The van der Waals surface area contributed by atoms with E-state index in [4.69, 9.17) is 4.74 Å². The highest BCUT2D eigenvalue weighted by Gasteiger charge is 2.52. The van der Waals surface area contributed by atoms with Gasteiger partial charge in [-0.1, -0.05) is 159 Å². The number of para-hydroxylation sites is 2. The summed E-state index contributed by atoms with van der Waals surface area (Å²) in [5.41, 5.74) is 15.0. The molecule has 3 aliphatic rings. The minimum atomic E-state index is -0.602. The van der Waals surface area contributed by atoms with Crippen molar-refractivity contribution in [2.24, 2.45) is 5.92 Å². The molecule has 1 spiro atoms. The zero-order valence-corrected chi connectivity index (χ0v) is 31.2. The van der Waals surface area contributed by atoms with Gasteiger partial charge in [0.05, 0.1) is 11.1 Å². The fourth-order valence-electron chi connectivity index (χ4n) is 9.43. The second kappa shape index (κ2) is 12.9. The Morgan fingerprint density at radius 2 is 1.20 bits per heavy atom. The van der Waals surface area contributed by atoms with Crippen LogP contribution in [0.3, 0.4) is 0 Å². The summed E-state index contributed by atoms with van der Waals surface area (Å²) < 4.78 is 6.73. The zero-order valence-electron chi connectivity index (χ0n) is 31.2. The fraction of sp³-hybridized carbons (Fsp3) is 0.0741. The maximum atomic E-state index is 6.73. The average molecular weight is 718 g/mol. The first kappa shape index (κ1) is 32.5. The Bertz CT molecular complexity index is 2850. The van der Waals surface area contributed by atoms with E-state index in [0.717, 1.165) is 46.1 Å². The van der Waals surface area contributed by atoms with Crippen molar-refractivity contribution in [3.63, 3.8) is 0 Å². The van der Waals surface area contributed by atoms with E-state index in [0.29, 0.717) is 5.92 Å². The van der Waals surface area contributed by atoms with E-state index >= 15 is 0 Å². The van der Waals surface area contributed by atoms with Gasteiger partial charge in [0.1, 0.15) is 11.5 Å². The summed E-state index contributed by atoms with van der Waals surface area (Å²) in [4.78, 5) is 2.47. The van der Waals surface area contributed by atoms with Crippen LogP contribution in [0.1, 0.15) is 41.2 Å². The van der Waals surface area contributed by atoms with Crippen molar-refractivity contribution < 1.29 is 4.74 Å². The third-order valence-electron chi connectivity index (χ3n) is 12.0. The number of benzene rings is 8. The van der Waals surface area contributed by atoms with Gasteiger partial charge in [-0.25, -0.2) is 0 Å². The summed E-state index contributed by atoms with van der Waals surface area (Å²) in [5.74, 6) is 2.34. The normalized spacial score (nSPS) is 15.7. The van der Waals surface area contributed by atoms with Gasteiger partial charge in [0.15, 0.2) is 0 Å². The molecule has 0 saturated heterocycles. The number of ether oxygens (including phenoxy) is 1. The number of anilines is 3. The fourth-order valence-corrected chi connectivity index (χ4v) is 9.43. The number of nitrogens with zero attached hydrogens (tertiary/aromatic N) is 1. The van der Waals surface area contributed by atoms with E-state index in [-0.39, 0.29) is 0 Å². The Morgan fingerprint density at radius 3 is 1.98 bits per heavy atom. The van der Waals surface area contributed by atoms with E-state index < -0.39 is 5.41 Å². The number of rotatable bonds is 5. The van der Waals surface area contributed by atoms with Crippen molar-refractivity contribution in [1.82, 2.24) is 0 Å². The predicted molar refractivity (Wildman–Crippen MR) is 232 cm³/mol. The standard InChI is InChI=1S/C54H39NO/c1-36-25-27-39(28-26-36)42-30-32-45-49(35-42)54(46-19-7-9-23-51(46)56-52-24-10-8-20-47(52)54)48-21-12-22-50(53(45)48)55(44-31-29-38-15-5-6-16-40(38)34-44)43-18-11-17-41(33-43)37-13-3-2-4-14-37/h2-25,27-36H,26H2,1H3. The highest BCUT2D eigenvalue weighted by Crippen LogP contribution is 2.64. The molecule has 0 aromatic heterocycles. The number of hydrogen-bond acceptors (Lipinski definition) is 2. The van der Waals surface area contributed by atoms with Crippen LogP contribution >= 0.6 is 0 Å². The van der Waals surface area contributed by atoms with Gasteiger partial charge < -0.3 is 9.64 Å². The molecule has 0 amide bonds. The number of fused-ring (bicyclic) bond motifs is 10. The third kappa shape index (κ3) is 4.96. The smallest absolute Gasteiger partial charge is 0.132 e. The molecule has 266 valence electrons. The molecule has 0 fully saturated rings. The van der Waals surface area contributed by atoms with Crippen LogP contribution in [0.5, 0.6) is 11.5 Å². The lowest BCUT2D eigenvalue weighted by Gasteiger charge is -2.39. The molecule has 0 bridgehead atoms. The molecule has 1 aliphatic heterocycles. The van der Waals surface area contributed by atoms with Crippen molar-refractivity contribution in [3.05, 3.63) is 228 Å². The second-order valence-corrected chi connectivity index (χ2v) is 15.3. The molecule has 0 saturated carbocycles. The van der Waals surface area contributed by atoms with Crippen LogP contribution in [-0.2, 0) is 5.41 Å². The molecule has 1 unspecified atom stereocenters. The number of allylic oxidation sites excluding steroid dienone is 4. The molecule has 1 heterocycles. The molecule has 2 heteroatoms. The van der Waals surface area contributed by atoms with Crippen LogP contribution in [0.25, 0.3) is 38.6 Å². The van der Waals surface area contributed by atoms with Gasteiger partial charge in [-0.2, -0.15) is 0 Å². The SMILES string of the molecule is CC1C=CC(c2ccc3c(c2)C2(c4ccccc4Oc4ccccc42)c2cccc(N(c4cccc(-c5ccccc5)c4)c4ccc5ccccc5c4)c2-3)=CC1. The maximum absolute atomic E-state index is 6.73. The van der Waals surface area contributed by atoms with Crippen LogP contribution < -0.4 is 9.64 Å². The molecule has 56 heavy (non-hydrogen) atoms. The lowest BCUT2D eigenvalue weighted by Crippen LogP contribution is -2.32. The van der Waals surface area contributed by atoms with Crippen LogP contribution in [0.2, 0.25) is 0 Å². The van der Waals surface area contributed by atoms with Gasteiger partial charge in [-0.15, -0.1) is 0 Å². The van der Waals surface area contributed by atoms with Crippen molar-refractivity contribution in [1.29, 1.82) is 0 Å². The lowest BCUT2D eigenvalue weighted by molar-refractivity contribution is 0.436. The monoisotopic (exact) mass is 717 g/mol. The third-order valence-corrected chi connectivity index (χ3v) is 12.0. The van der Waals surface area contributed by atoms with E-state index in [9.17, 15) is 0 Å². The Labute approximate surface area is 328 Å². The molecular formula is C54H39NO. The van der Waals surface area contributed by atoms with Gasteiger partial charge in [0, 0.05) is 28.1 Å². The van der Waals surface area contributed by atoms with Crippen molar-refractivity contribution >= 4 is 33.4 Å². The van der Waals surface area contributed by atoms with Crippen molar-refractivity contribution in [2.75, 3.05) is 4.90 Å². The first-order valence-corrected chi connectivity index (χ1v) is 19.7. The van der Waals surface area contributed by atoms with E-state index in [1.165, 1.54) is 55.3 Å². The average Bonchev–Trinajstić information content (AvgIpc) is 3.55. The van der Waals surface area contributed by atoms with Crippen LogP contribution in [-0.4, -0.2) is 0 Å². The van der Waals surface area contributed by atoms with Crippen molar-refractivity contribution in [3.8, 4) is 33.8 Å². The first-order chi connectivity index (χ1) is 27.7. The summed E-state index contributed by atoms with van der Waals surface area (Å²) in [5, 5.41) is 2.43. The van der Waals surface area contributed by atoms with Gasteiger partial charge >= 0.3 is 0 Å². The Hall–Kier alpha value is -6.90. The van der Waals surface area contributed by atoms with Gasteiger partial charge in [-0.05, 0) is 111 Å². The van der Waals surface area contributed by atoms with Crippen LogP contribution in [0, 0.1) is 5.92 Å². The van der Waals surface area contributed by atoms with Crippen LogP contribution in [0.15, 0.2) is 200 Å². The molecular weight excluding hydrogens is 679 g/mol. The van der Waals surface area contributed by atoms with E-state index in [1.54, 1.807) is 0 Å². The highest BCUT2D eigenvalue weighted by atomic mass is 16.5. The largest absolute Gasteiger partial charge is 0.457 e. The quantitative estimate of drug-likeness (QED) is 0.176. The molecule has 8 aromatic rings. The Kier molecular flexibility index (Phi) is 7.47. The Morgan fingerprint density at radius 1 is 0.518 bits per heavy atom. The van der Waals surface area contributed by atoms with Crippen LogP contribution in [0.4, 0.5) is 17.1 Å². The molecule has 2 aliphatic carbocycles. The summed E-state index contributed by atoms with van der Waals surface area (Å²) in [6, 6.07) is 66.6. The molecule has 1 atom stereocenters. The molecule has 8 aromatic carbocycles. The second-order valence-electron chi connectivity index (χ2n) is 15.3. The molecule has 0 N–H and O–H groups in total. The summed E-state index contributed by atoms with van der Waals surface area (Å²) >= 11 is 0. The predicted octanol–water partition coefficient (Wildman–Crippen LogP) is 14.4. The molecule has 2 nitrogen and oxygen atoms in total. The van der Waals surface area contributed by atoms with Gasteiger partial charge in [0.25, 0.3) is 0 Å². The molecule has 11 rings (SSSR count). The van der Waals surface area contributed by atoms with Gasteiger partial charge in [0.2, 0.25) is 0 Å². The van der Waals surface area contributed by atoms with E-state index in [2.05, 4.69) is 212 Å². The molecule has 0 radical (unpaired) electrons. The first-order valence-electron chi connectivity index (χ1n) is 19.7. The van der Waals surface area contributed by atoms with Gasteiger partial charge in [-0.3, -0.25) is 0 Å². The minimum Gasteiger partial charge on any atom is -0.457 e. The minimum absolute atomic E-state index is 0.544. The number of hydrogen-bond donors (Lipinski definition) is 0. The maximum Gasteiger partial charge on any atom is 0.132 e. The highest BCUT2D eigenvalue weighted by molar-refractivity contribution is 6.00. The zero-order chi connectivity index (χ0) is 37.2. The summed E-state index contributed by atoms with van der Waals surface area (Å²) in [7, 11) is 0. The summed E-state index contributed by atoms with van der Waals surface area (Å²) in [6.07, 6.45) is 8.10. The Balaban J connectivity index is 1.23.